The van der Waals surface area contributed by atoms with Crippen LogP contribution in [0.15, 0.2) is 42.0 Å². The number of nitrogens with zero attached hydrogens (tertiary/aromatic N) is 2. The molecule has 1 N–H and O–H groups in total. The number of aliphatic hydroxyl groups is 1. The fourth-order valence-electron chi connectivity index (χ4n) is 5.25. The van der Waals surface area contributed by atoms with Gasteiger partial charge in [0.2, 0.25) is 0 Å². The average molecular weight is 607 g/mol. The van der Waals surface area contributed by atoms with E-state index >= 15 is 0 Å². The molecule has 5 rings (SSSR count). The molecule has 0 unspecified atom stereocenters. The van der Waals surface area contributed by atoms with Crippen LogP contribution in [0, 0.1) is 6.92 Å². The summed E-state index contributed by atoms with van der Waals surface area (Å²) < 4.78 is 22.5. The van der Waals surface area contributed by atoms with Crippen molar-refractivity contribution in [3.63, 3.8) is 0 Å². The summed E-state index contributed by atoms with van der Waals surface area (Å²) in [6, 6.07) is 9.30. The lowest BCUT2D eigenvalue weighted by Gasteiger charge is -2.24. The maximum absolute atomic E-state index is 13.7. The number of unbranched alkanes of at least 4 members (excludes halogenated alkanes) is 1. The first-order chi connectivity index (χ1) is 20.7. The van der Waals surface area contributed by atoms with Gasteiger partial charge < -0.3 is 24.1 Å². The van der Waals surface area contributed by atoms with Crippen molar-refractivity contribution in [1.82, 2.24) is 4.98 Å². The zero-order valence-corrected chi connectivity index (χ0v) is 25.6. The maximum Gasteiger partial charge on any atom is 0.350 e. The highest BCUT2D eigenvalue weighted by atomic mass is 32.1. The van der Waals surface area contributed by atoms with E-state index in [2.05, 4.69) is 11.9 Å². The van der Waals surface area contributed by atoms with Crippen molar-refractivity contribution < 1.29 is 38.4 Å². The molecule has 3 aromatic rings. The Morgan fingerprint density at radius 1 is 1.14 bits per heavy atom. The summed E-state index contributed by atoms with van der Waals surface area (Å²) in [5.41, 5.74) is 2.03. The molecule has 1 amide bonds. The zero-order chi connectivity index (χ0) is 30.8. The van der Waals surface area contributed by atoms with Crippen LogP contribution in [0.4, 0.5) is 5.13 Å². The van der Waals surface area contributed by atoms with Crippen LogP contribution < -0.4 is 19.1 Å². The van der Waals surface area contributed by atoms with E-state index in [0.717, 1.165) is 35.5 Å². The van der Waals surface area contributed by atoms with Crippen LogP contribution >= 0.6 is 11.3 Å². The molecule has 2 aliphatic rings. The Morgan fingerprint density at radius 3 is 2.65 bits per heavy atom. The summed E-state index contributed by atoms with van der Waals surface area (Å²) >= 11 is 0.941. The number of ketones is 1. The molecule has 2 atom stereocenters. The minimum absolute atomic E-state index is 0.00910. The summed E-state index contributed by atoms with van der Waals surface area (Å²) in [6.07, 6.45) is 2.47. The molecule has 0 radical (unpaired) electrons. The van der Waals surface area contributed by atoms with Crippen LogP contribution in [0.2, 0.25) is 0 Å². The number of ether oxygens (including phenoxy) is 4. The maximum atomic E-state index is 13.7. The second-order valence-corrected chi connectivity index (χ2v) is 11.3. The fraction of sp³-hybridized carbons (Fsp3) is 0.375. The van der Waals surface area contributed by atoms with E-state index < -0.39 is 23.7 Å². The van der Waals surface area contributed by atoms with Gasteiger partial charge in [0.1, 0.15) is 22.5 Å². The molecular weight excluding hydrogens is 572 g/mol. The van der Waals surface area contributed by atoms with Crippen LogP contribution in [0.3, 0.4) is 0 Å². The molecule has 0 bridgehead atoms. The third-order valence-corrected chi connectivity index (χ3v) is 8.45. The van der Waals surface area contributed by atoms with E-state index in [1.54, 1.807) is 43.3 Å². The molecule has 3 heterocycles. The minimum Gasteiger partial charge on any atom is -0.507 e. The lowest BCUT2D eigenvalue weighted by Crippen LogP contribution is -2.29. The summed E-state index contributed by atoms with van der Waals surface area (Å²) in [5, 5.41) is 11.8. The first-order valence-electron chi connectivity index (χ1n) is 14.2. The van der Waals surface area contributed by atoms with Crippen molar-refractivity contribution in [3.05, 3.63) is 69.2 Å². The molecule has 2 aliphatic heterocycles. The molecule has 0 spiro atoms. The molecule has 1 fully saturated rings. The Morgan fingerprint density at radius 2 is 1.93 bits per heavy atom. The zero-order valence-electron chi connectivity index (χ0n) is 24.8. The average Bonchev–Trinajstić information content (AvgIpc) is 3.64. The molecule has 11 heteroatoms. The molecule has 2 aromatic carbocycles. The number of aliphatic hydroxyl groups excluding tert-OH is 1. The standard InChI is InChI=1S/C32H34N2O8S/c1-6-8-13-41-23-12-9-19(16-24(23)40-7-2)26-25(27(35)20-10-11-22-21(15-20)14-17(3)42-22)28(36)30(37)34(26)32-33-18(4)29(43-32)31(38)39-5/h9-12,15-17,26,35H,6-8,13-14H2,1-5H3/t17-,26-/m1/s1. The van der Waals surface area contributed by atoms with Gasteiger partial charge in [-0.15, -0.1) is 0 Å². The quantitative estimate of drug-likeness (QED) is 0.101. The number of benzene rings is 2. The topological polar surface area (TPSA) is 124 Å². The highest BCUT2D eigenvalue weighted by Crippen LogP contribution is 2.46. The number of thiazole rings is 1. The number of carbonyl (C=O) groups is 3. The van der Waals surface area contributed by atoms with Gasteiger partial charge in [0.15, 0.2) is 16.6 Å². The third kappa shape index (κ3) is 5.69. The number of aryl methyl sites for hydroxylation is 1. The number of hydrogen-bond donors (Lipinski definition) is 1. The fourth-order valence-corrected chi connectivity index (χ4v) is 6.26. The number of carbonyl (C=O) groups excluding carboxylic acids is 3. The van der Waals surface area contributed by atoms with Gasteiger partial charge in [-0.3, -0.25) is 14.5 Å². The van der Waals surface area contributed by atoms with Crippen molar-refractivity contribution in [2.75, 3.05) is 25.2 Å². The van der Waals surface area contributed by atoms with Gasteiger partial charge >= 0.3 is 11.9 Å². The van der Waals surface area contributed by atoms with E-state index in [1.165, 1.54) is 12.0 Å². The molecule has 0 saturated carbocycles. The first kappa shape index (κ1) is 30.1. The summed E-state index contributed by atoms with van der Waals surface area (Å²) in [6.45, 7) is 8.36. The molecule has 1 saturated heterocycles. The van der Waals surface area contributed by atoms with Crippen LogP contribution in [-0.2, 0) is 20.7 Å². The number of Topliss-reactive ketones (excluding diaryl/α,β-unsaturated/α-hetero) is 1. The number of rotatable bonds is 10. The number of fused-ring (bicyclic) bond motifs is 1. The van der Waals surface area contributed by atoms with Crippen molar-refractivity contribution >= 4 is 39.9 Å². The molecule has 43 heavy (non-hydrogen) atoms. The SMILES string of the molecule is CCCCOc1ccc([C@@H]2C(=C(O)c3ccc4c(c3)C[C@@H](C)O4)C(=O)C(=O)N2c2nc(C)c(C(=O)OC)s2)cc1OCC. The number of hydrogen-bond acceptors (Lipinski definition) is 10. The van der Waals surface area contributed by atoms with Gasteiger partial charge in [-0.05, 0) is 68.7 Å². The van der Waals surface area contributed by atoms with Gasteiger partial charge in [-0.1, -0.05) is 30.7 Å². The number of esters is 1. The van der Waals surface area contributed by atoms with E-state index in [-0.39, 0.29) is 27.4 Å². The monoisotopic (exact) mass is 606 g/mol. The Hall–Kier alpha value is -4.38. The van der Waals surface area contributed by atoms with Crippen molar-refractivity contribution in [2.24, 2.45) is 0 Å². The number of amides is 1. The van der Waals surface area contributed by atoms with Crippen LogP contribution in [0.5, 0.6) is 17.2 Å². The van der Waals surface area contributed by atoms with Gasteiger partial charge in [0.25, 0.3) is 5.78 Å². The number of anilines is 1. The second-order valence-electron chi connectivity index (χ2n) is 10.4. The van der Waals surface area contributed by atoms with Gasteiger partial charge in [0.05, 0.1) is 37.6 Å². The van der Waals surface area contributed by atoms with Crippen LogP contribution in [-0.4, -0.2) is 54.2 Å². The first-order valence-corrected chi connectivity index (χ1v) is 15.1. The minimum atomic E-state index is -1.07. The molecule has 226 valence electrons. The molecular formula is C32H34N2O8S. The molecule has 10 nitrogen and oxygen atoms in total. The van der Waals surface area contributed by atoms with Crippen molar-refractivity contribution in [3.8, 4) is 17.2 Å². The number of aromatic nitrogens is 1. The summed E-state index contributed by atoms with van der Waals surface area (Å²) in [7, 11) is 1.26. The largest absolute Gasteiger partial charge is 0.507 e. The summed E-state index contributed by atoms with van der Waals surface area (Å²) in [4.78, 5) is 45.7. The molecule has 1 aromatic heterocycles. The van der Waals surface area contributed by atoms with E-state index in [0.29, 0.717) is 48.0 Å². The third-order valence-electron chi connectivity index (χ3n) is 7.31. The van der Waals surface area contributed by atoms with Crippen LogP contribution in [0.1, 0.15) is 71.7 Å². The Balaban J connectivity index is 1.68. The van der Waals surface area contributed by atoms with Crippen molar-refractivity contribution in [1.29, 1.82) is 0 Å². The van der Waals surface area contributed by atoms with Gasteiger partial charge in [0, 0.05) is 12.0 Å². The van der Waals surface area contributed by atoms with Crippen molar-refractivity contribution in [2.45, 2.75) is 59.1 Å². The van der Waals surface area contributed by atoms with Gasteiger partial charge in [-0.25, -0.2) is 9.78 Å². The predicted molar refractivity (Wildman–Crippen MR) is 161 cm³/mol. The van der Waals surface area contributed by atoms with E-state index in [9.17, 15) is 19.5 Å². The number of methoxy groups -OCH3 is 1. The van der Waals surface area contributed by atoms with Gasteiger partial charge in [-0.2, -0.15) is 0 Å². The van der Waals surface area contributed by atoms with E-state index in [1.807, 2.05) is 13.8 Å². The predicted octanol–water partition coefficient (Wildman–Crippen LogP) is 5.77. The Bertz CT molecular complexity index is 1610. The van der Waals surface area contributed by atoms with Crippen LogP contribution in [0.25, 0.3) is 5.76 Å². The normalized spacial score (nSPS) is 18.9. The molecule has 0 aliphatic carbocycles. The van der Waals surface area contributed by atoms with E-state index in [4.69, 9.17) is 18.9 Å². The highest BCUT2D eigenvalue weighted by Gasteiger charge is 2.48. The Kier molecular flexibility index (Phi) is 8.72. The lowest BCUT2D eigenvalue weighted by molar-refractivity contribution is -0.132. The summed E-state index contributed by atoms with van der Waals surface area (Å²) in [5.74, 6) is -0.989. The highest BCUT2D eigenvalue weighted by molar-refractivity contribution is 7.17. The second kappa shape index (κ2) is 12.5. The Labute approximate surface area is 253 Å². The smallest absolute Gasteiger partial charge is 0.350 e. The lowest BCUT2D eigenvalue weighted by atomic mass is 9.94.